The zero-order valence-electron chi connectivity index (χ0n) is 11.9. The fourth-order valence-electron chi connectivity index (χ4n) is 2.57. The lowest BCUT2D eigenvalue weighted by Crippen LogP contribution is -2.50. The standard InChI is InChI=1S/C15H17ClN2O2S/c1-8-7-20-9(2)6-18(8)15(19)14-13(17)11-4-3-10(16)5-12(11)21-14/h3-5,8-9H,6-7,17H2,1-2H3. The van der Waals surface area contributed by atoms with Gasteiger partial charge in [0.2, 0.25) is 0 Å². The van der Waals surface area contributed by atoms with Gasteiger partial charge in [0.05, 0.1) is 24.4 Å². The van der Waals surface area contributed by atoms with E-state index in [1.165, 1.54) is 11.3 Å². The number of hydrogen-bond acceptors (Lipinski definition) is 4. The molecule has 2 N–H and O–H groups in total. The van der Waals surface area contributed by atoms with Crippen molar-refractivity contribution in [3.05, 3.63) is 28.1 Å². The van der Waals surface area contributed by atoms with Crippen LogP contribution in [0.15, 0.2) is 18.2 Å². The monoisotopic (exact) mass is 324 g/mol. The average molecular weight is 325 g/mol. The van der Waals surface area contributed by atoms with E-state index in [-0.39, 0.29) is 18.1 Å². The highest BCUT2D eigenvalue weighted by Gasteiger charge is 2.30. The molecule has 4 nitrogen and oxygen atoms in total. The molecule has 3 rings (SSSR count). The van der Waals surface area contributed by atoms with Gasteiger partial charge >= 0.3 is 0 Å². The quantitative estimate of drug-likeness (QED) is 0.874. The van der Waals surface area contributed by atoms with Crippen LogP contribution in [0.2, 0.25) is 5.02 Å². The molecule has 1 aromatic heterocycles. The molecule has 2 aromatic rings. The third-order valence-electron chi connectivity index (χ3n) is 3.75. The third kappa shape index (κ3) is 2.61. The van der Waals surface area contributed by atoms with Crippen molar-refractivity contribution in [2.75, 3.05) is 18.9 Å². The molecule has 0 spiro atoms. The number of carbonyl (C=O) groups is 1. The van der Waals surface area contributed by atoms with Gasteiger partial charge in [0.1, 0.15) is 4.88 Å². The first kappa shape index (κ1) is 14.6. The Balaban J connectivity index is 1.99. The Morgan fingerprint density at radius 3 is 3.00 bits per heavy atom. The SMILES string of the molecule is CC1CN(C(=O)c2sc3cc(Cl)ccc3c2N)C(C)CO1. The molecule has 0 bridgehead atoms. The van der Waals surface area contributed by atoms with Crippen LogP contribution in [0.4, 0.5) is 5.69 Å². The Morgan fingerprint density at radius 1 is 1.48 bits per heavy atom. The molecule has 21 heavy (non-hydrogen) atoms. The molecule has 2 heterocycles. The lowest BCUT2D eigenvalue weighted by atomic mass is 10.1. The molecule has 1 aliphatic rings. The van der Waals surface area contributed by atoms with Crippen molar-refractivity contribution in [1.29, 1.82) is 0 Å². The van der Waals surface area contributed by atoms with Crippen LogP contribution in [-0.2, 0) is 4.74 Å². The summed E-state index contributed by atoms with van der Waals surface area (Å²) < 4.78 is 6.51. The maximum atomic E-state index is 12.8. The number of hydrogen-bond donors (Lipinski definition) is 1. The number of fused-ring (bicyclic) bond motifs is 1. The lowest BCUT2D eigenvalue weighted by Gasteiger charge is -2.36. The van der Waals surface area contributed by atoms with Crippen molar-refractivity contribution in [3.8, 4) is 0 Å². The summed E-state index contributed by atoms with van der Waals surface area (Å²) in [5, 5.41) is 1.54. The number of thiophene rings is 1. The van der Waals surface area contributed by atoms with Crippen molar-refractivity contribution in [2.45, 2.75) is 26.0 Å². The van der Waals surface area contributed by atoms with Gasteiger partial charge in [0.25, 0.3) is 5.91 Å². The first-order valence-electron chi connectivity index (χ1n) is 6.87. The van der Waals surface area contributed by atoms with Gasteiger partial charge in [-0.15, -0.1) is 11.3 Å². The molecule has 1 amide bonds. The second-order valence-electron chi connectivity index (χ2n) is 5.44. The topological polar surface area (TPSA) is 55.6 Å². The number of ether oxygens (including phenoxy) is 1. The van der Waals surface area contributed by atoms with Gasteiger partial charge in [-0.2, -0.15) is 0 Å². The molecule has 1 aliphatic heterocycles. The first-order chi connectivity index (χ1) is 9.97. The molecule has 1 saturated heterocycles. The zero-order chi connectivity index (χ0) is 15.1. The summed E-state index contributed by atoms with van der Waals surface area (Å²) in [5.74, 6) is -0.0209. The first-order valence-corrected chi connectivity index (χ1v) is 8.07. The van der Waals surface area contributed by atoms with Crippen LogP contribution in [0, 0.1) is 0 Å². The lowest BCUT2D eigenvalue weighted by molar-refractivity contribution is -0.0385. The van der Waals surface area contributed by atoms with E-state index in [0.717, 1.165) is 10.1 Å². The molecule has 1 aromatic carbocycles. The Hall–Kier alpha value is -1.30. The zero-order valence-corrected chi connectivity index (χ0v) is 13.5. The average Bonchev–Trinajstić information content (AvgIpc) is 2.77. The molecule has 2 unspecified atom stereocenters. The summed E-state index contributed by atoms with van der Waals surface area (Å²) in [6.07, 6.45) is 0.0511. The summed E-state index contributed by atoms with van der Waals surface area (Å²) in [4.78, 5) is 15.2. The van der Waals surface area contributed by atoms with Crippen LogP contribution in [0.5, 0.6) is 0 Å². The van der Waals surface area contributed by atoms with Crippen molar-refractivity contribution in [3.63, 3.8) is 0 Å². The van der Waals surface area contributed by atoms with Gasteiger partial charge < -0.3 is 15.4 Å². The summed E-state index contributed by atoms with van der Waals surface area (Å²) in [6.45, 7) is 5.11. The fraction of sp³-hybridized carbons (Fsp3) is 0.400. The van der Waals surface area contributed by atoms with Gasteiger partial charge in [-0.3, -0.25) is 4.79 Å². The molecule has 0 radical (unpaired) electrons. The number of anilines is 1. The highest BCUT2D eigenvalue weighted by Crippen LogP contribution is 2.36. The Labute approximate surface area is 132 Å². The van der Waals surface area contributed by atoms with Crippen molar-refractivity contribution in [2.24, 2.45) is 0 Å². The van der Waals surface area contributed by atoms with E-state index in [1.807, 2.05) is 30.9 Å². The van der Waals surface area contributed by atoms with Crippen molar-refractivity contribution < 1.29 is 9.53 Å². The van der Waals surface area contributed by atoms with Gasteiger partial charge in [-0.1, -0.05) is 11.6 Å². The number of benzene rings is 1. The second kappa shape index (κ2) is 5.48. The van der Waals surface area contributed by atoms with Crippen molar-refractivity contribution >= 4 is 44.6 Å². The molecule has 2 atom stereocenters. The molecule has 1 fully saturated rings. The maximum Gasteiger partial charge on any atom is 0.266 e. The number of nitrogens with zero attached hydrogens (tertiary/aromatic N) is 1. The van der Waals surface area contributed by atoms with Crippen LogP contribution in [0.25, 0.3) is 10.1 Å². The predicted molar refractivity (Wildman–Crippen MR) is 87.2 cm³/mol. The third-order valence-corrected chi connectivity index (χ3v) is 5.14. The Kier molecular flexibility index (Phi) is 3.82. The van der Waals surface area contributed by atoms with E-state index in [1.54, 1.807) is 6.07 Å². The van der Waals surface area contributed by atoms with E-state index in [2.05, 4.69) is 0 Å². The van der Waals surface area contributed by atoms with Gasteiger partial charge in [-0.25, -0.2) is 0 Å². The number of nitrogens with two attached hydrogens (primary N) is 1. The normalized spacial score (nSPS) is 22.7. The molecule has 0 saturated carbocycles. The van der Waals surface area contributed by atoms with E-state index >= 15 is 0 Å². The number of halogens is 1. The largest absolute Gasteiger partial charge is 0.397 e. The maximum absolute atomic E-state index is 12.8. The smallest absolute Gasteiger partial charge is 0.266 e. The van der Waals surface area contributed by atoms with Crippen LogP contribution in [0.3, 0.4) is 0 Å². The van der Waals surface area contributed by atoms with Crippen LogP contribution < -0.4 is 5.73 Å². The molecule has 112 valence electrons. The van der Waals surface area contributed by atoms with Crippen LogP contribution in [-0.4, -0.2) is 36.1 Å². The molecule has 6 heteroatoms. The van der Waals surface area contributed by atoms with E-state index < -0.39 is 0 Å². The highest BCUT2D eigenvalue weighted by atomic mass is 35.5. The number of amides is 1. The van der Waals surface area contributed by atoms with E-state index in [0.29, 0.717) is 28.7 Å². The Morgan fingerprint density at radius 2 is 2.24 bits per heavy atom. The minimum Gasteiger partial charge on any atom is -0.397 e. The van der Waals surface area contributed by atoms with E-state index in [4.69, 9.17) is 22.1 Å². The molecule has 0 aliphatic carbocycles. The number of rotatable bonds is 1. The van der Waals surface area contributed by atoms with Crippen LogP contribution in [0.1, 0.15) is 23.5 Å². The van der Waals surface area contributed by atoms with Gasteiger partial charge in [-0.05, 0) is 32.0 Å². The number of nitrogen functional groups attached to an aromatic ring is 1. The van der Waals surface area contributed by atoms with Crippen molar-refractivity contribution in [1.82, 2.24) is 4.90 Å². The number of morpholine rings is 1. The second-order valence-corrected chi connectivity index (χ2v) is 6.92. The molecular formula is C15H17ClN2O2S. The van der Waals surface area contributed by atoms with Gasteiger partial charge in [0.15, 0.2) is 0 Å². The van der Waals surface area contributed by atoms with Gasteiger partial charge in [0, 0.05) is 21.7 Å². The molecular weight excluding hydrogens is 308 g/mol. The van der Waals surface area contributed by atoms with E-state index in [9.17, 15) is 4.79 Å². The summed E-state index contributed by atoms with van der Waals surface area (Å²) in [7, 11) is 0. The minimum atomic E-state index is -0.0209. The fourth-order valence-corrected chi connectivity index (χ4v) is 3.92. The highest BCUT2D eigenvalue weighted by molar-refractivity contribution is 7.21. The Bertz CT molecular complexity index is 700. The van der Waals surface area contributed by atoms with Crippen LogP contribution >= 0.6 is 22.9 Å². The minimum absolute atomic E-state index is 0.0209. The summed E-state index contributed by atoms with van der Waals surface area (Å²) in [6, 6.07) is 5.56. The predicted octanol–water partition coefficient (Wildman–Crippen LogP) is 3.39. The summed E-state index contributed by atoms with van der Waals surface area (Å²) >= 11 is 7.41. The summed E-state index contributed by atoms with van der Waals surface area (Å²) in [5.41, 5.74) is 6.71. The number of carbonyl (C=O) groups excluding carboxylic acids is 1.